The Bertz CT molecular complexity index is 487. The fourth-order valence-electron chi connectivity index (χ4n) is 2.42. The molecule has 0 aromatic heterocycles. The third-order valence-electron chi connectivity index (χ3n) is 3.42. The zero-order chi connectivity index (χ0) is 14.8. The monoisotopic (exact) mass is 279 g/mol. The molecule has 1 aromatic rings. The third kappa shape index (κ3) is 3.56. The van der Waals surface area contributed by atoms with Crippen LogP contribution >= 0.6 is 0 Å². The molecule has 5 nitrogen and oxygen atoms in total. The van der Waals surface area contributed by atoms with Crippen LogP contribution in [0.1, 0.15) is 50.0 Å². The standard InChI is InChI=1S/C15H21NO4/c1-15(2)19-9-13(20-15)11-6-4-3-5-10(11)12(16)7-8-14(17)18/h3-6,12-13H,7-9,16H2,1-2H3,(H,17,18). The maximum atomic E-state index is 10.7. The summed E-state index contributed by atoms with van der Waals surface area (Å²) >= 11 is 0. The lowest BCUT2D eigenvalue weighted by atomic mass is 9.94. The Kier molecular flexibility index (Phi) is 4.42. The van der Waals surface area contributed by atoms with Gasteiger partial charge in [-0.25, -0.2) is 0 Å². The van der Waals surface area contributed by atoms with Gasteiger partial charge in [-0.15, -0.1) is 0 Å². The second-order valence-corrected chi connectivity index (χ2v) is 5.49. The van der Waals surface area contributed by atoms with Crippen molar-refractivity contribution in [3.8, 4) is 0 Å². The molecule has 2 atom stereocenters. The van der Waals surface area contributed by atoms with E-state index in [1.807, 2.05) is 38.1 Å². The molecule has 1 heterocycles. The van der Waals surface area contributed by atoms with Crippen molar-refractivity contribution in [2.24, 2.45) is 5.73 Å². The number of carboxylic acid groups (broad SMARTS) is 1. The quantitative estimate of drug-likeness (QED) is 0.864. The molecule has 2 rings (SSSR count). The van der Waals surface area contributed by atoms with Crippen molar-refractivity contribution in [1.82, 2.24) is 0 Å². The molecule has 0 bridgehead atoms. The maximum absolute atomic E-state index is 10.7. The van der Waals surface area contributed by atoms with Crippen molar-refractivity contribution in [2.75, 3.05) is 6.61 Å². The Hall–Kier alpha value is -1.43. The third-order valence-corrected chi connectivity index (χ3v) is 3.42. The number of aliphatic carboxylic acids is 1. The highest BCUT2D eigenvalue weighted by Crippen LogP contribution is 2.36. The molecule has 0 radical (unpaired) electrons. The number of nitrogens with two attached hydrogens (primary N) is 1. The van der Waals surface area contributed by atoms with Crippen LogP contribution in [0.4, 0.5) is 0 Å². The highest BCUT2D eigenvalue weighted by molar-refractivity contribution is 5.66. The molecule has 20 heavy (non-hydrogen) atoms. The van der Waals surface area contributed by atoms with Crippen LogP contribution in [0.15, 0.2) is 24.3 Å². The van der Waals surface area contributed by atoms with E-state index in [4.69, 9.17) is 20.3 Å². The van der Waals surface area contributed by atoms with Crippen LogP contribution in [0.25, 0.3) is 0 Å². The molecule has 1 aliphatic heterocycles. The van der Waals surface area contributed by atoms with Gasteiger partial charge in [-0.05, 0) is 31.4 Å². The first-order valence-corrected chi connectivity index (χ1v) is 6.77. The average molecular weight is 279 g/mol. The van der Waals surface area contributed by atoms with E-state index in [-0.39, 0.29) is 18.6 Å². The number of hydrogen-bond donors (Lipinski definition) is 2. The highest BCUT2D eigenvalue weighted by Gasteiger charge is 2.34. The zero-order valence-electron chi connectivity index (χ0n) is 11.8. The zero-order valence-corrected chi connectivity index (χ0v) is 11.8. The van der Waals surface area contributed by atoms with Crippen LogP contribution in [0, 0.1) is 0 Å². The topological polar surface area (TPSA) is 81.8 Å². The van der Waals surface area contributed by atoms with E-state index >= 15 is 0 Å². The van der Waals surface area contributed by atoms with Gasteiger partial charge in [-0.1, -0.05) is 24.3 Å². The molecule has 3 N–H and O–H groups in total. The van der Waals surface area contributed by atoms with E-state index in [0.717, 1.165) is 11.1 Å². The molecule has 1 saturated heterocycles. The van der Waals surface area contributed by atoms with Crippen LogP contribution in [-0.4, -0.2) is 23.5 Å². The first kappa shape index (κ1) is 15.0. The van der Waals surface area contributed by atoms with Crippen LogP contribution < -0.4 is 5.73 Å². The molecule has 0 aliphatic carbocycles. The summed E-state index contributed by atoms with van der Waals surface area (Å²) in [6.45, 7) is 4.23. The summed E-state index contributed by atoms with van der Waals surface area (Å²) in [6, 6.07) is 7.41. The second-order valence-electron chi connectivity index (χ2n) is 5.49. The summed E-state index contributed by atoms with van der Waals surface area (Å²) in [5, 5.41) is 8.76. The Labute approximate surface area is 118 Å². The average Bonchev–Trinajstić information content (AvgIpc) is 2.76. The lowest BCUT2D eigenvalue weighted by molar-refractivity contribution is -0.139. The number of benzene rings is 1. The number of carbonyl (C=O) groups is 1. The molecule has 0 saturated carbocycles. The summed E-state index contributed by atoms with van der Waals surface area (Å²) < 4.78 is 11.4. The van der Waals surface area contributed by atoms with Crippen molar-refractivity contribution in [1.29, 1.82) is 0 Å². The van der Waals surface area contributed by atoms with Crippen molar-refractivity contribution < 1.29 is 19.4 Å². The minimum absolute atomic E-state index is 0.0585. The molecule has 110 valence electrons. The van der Waals surface area contributed by atoms with Gasteiger partial charge in [0.05, 0.1) is 6.61 Å². The predicted octanol–water partition coefficient (Wildman–Crippen LogP) is 2.38. The predicted molar refractivity (Wildman–Crippen MR) is 74.1 cm³/mol. The molecule has 2 unspecified atom stereocenters. The Morgan fingerprint density at radius 1 is 1.50 bits per heavy atom. The Balaban J connectivity index is 2.16. The summed E-state index contributed by atoms with van der Waals surface area (Å²) in [7, 11) is 0. The summed E-state index contributed by atoms with van der Waals surface area (Å²) in [5.41, 5.74) is 8.03. The lowest BCUT2D eigenvalue weighted by Crippen LogP contribution is -2.20. The van der Waals surface area contributed by atoms with E-state index in [9.17, 15) is 4.79 Å². The van der Waals surface area contributed by atoms with Crippen molar-refractivity contribution in [2.45, 2.75) is 44.6 Å². The fraction of sp³-hybridized carbons (Fsp3) is 0.533. The van der Waals surface area contributed by atoms with E-state index < -0.39 is 11.8 Å². The maximum Gasteiger partial charge on any atom is 0.303 e. The molecule has 0 amide bonds. The smallest absolute Gasteiger partial charge is 0.303 e. The van der Waals surface area contributed by atoms with Gasteiger partial charge in [0.2, 0.25) is 0 Å². The van der Waals surface area contributed by atoms with Gasteiger partial charge < -0.3 is 20.3 Å². The Morgan fingerprint density at radius 2 is 2.20 bits per heavy atom. The number of ether oxygens (including phenoxy) is 2. The van der Waals surface area contributed by atoms with Gasteiger partial charge >= 0.3 is 5.97 Å². The van der Waals surface area contributed by atoms with Crippen LogP contribution in [0.2, 0.25) is 0 Å². The van der Waals surface area contributed by atoms with Gasteiger partial charge in [0, 0.05) is 12.5 Å². The molecule has 1 aliphatic rings. The van der Waals surface area contributed by atoms with E-state index in [0.29, 0.717) is 13.0 Å². The first-order valence-electron chi connectivity index (χ1n) is 6.77. The molecule has 5 heteroatoms. The van der Waals surface area contributed by atoms with Gasteiger partial charge in [-0.2, -0.15) is 0 Å². The number of rotatable bonds is 5. The van der Waals surface area contributed by atoms with Crippen molar-refractivity contribution >= 4 is 5.97 Å². The van der Waals surface area contributed by atoms with Crippen LogP contribution in [0.5, 0.6) is 0 Å². The molecule has 1 fully saturated rings. The lowest BCUT2D eigenvalue weighted by Gasteiger charge is -2.21. The summed E-state index contributed by atoms with van der Waals surface area (Å²) in [6.07, 6.45) is 0.309. The summed E-state index contributed by atoms with van der Waals surface area (Å²) in [5.74, 6) is -1.43. The molecular formula is C15H21NO4. The van der Waals surface area contributed by atoms with Crippen molar-refractivity contribution in [3.05, 3.63) is 35.4 Å². The molecule has 1 aromatic carbocycles. The first-order chi connectivity index (χ1) is 9.39. The molecular weight excluding hydrogens is 258 g/mol. The van der Waals surface area contributed by atoms with E-state index in [1.165, 1.54) is 0 Å². The molecule has 0 spiro atoms. The normalized spacial score (nSPS) is 22.6. The Morgan fingerprint density at radius 3 is 2.80 bits per heavy atom. The number of carboxylic acids is 1. The highest BCUT2D eigenvalue weighted by atomic mass is 16.7. The van der Waals surface area contributed by atoms with Crippen LogP contribution in [-0.2, 0) is 14.3 Å². The fourth-order valence-corrected chi connectivity index (χ4v) is 2.42. The summed E-state index contributed by atoms with van der Waals surface area (Å²) in [4.78, 5) is 10.7. The van der Waals surface area contributed by atoms with Gasteiger partial charge in [0.15, 0.2) is 5.79 Å². The second kappa shape index (κ2) is 5.91. The van der Waals surface area contributed by atoms with Gasteiger partial charge in [-0.3, -0.25) is 4.79 Å². The van der Waals surface area contributed by atoms with Gasteiger partial charge in [0.1, 0.15) is 6.10 Å². The SMILES string of the molecule is CC1(C)OCC(c2ccccc2C(N)CCC(=O)O)O1. The number of hydrogen-bond acceptors (Lipinski definition) is 4. The minimum atomic E-state index is -0.834. The van der Waals surface area contributed by atoms with Crippen LogP contribution in [0.3, 0.4) is 0 Å². The van der Waals surface area contributed by atoms with Gasteiger partial charge in [0.25, 0.3) is 0 Å². The minimum Gasteiger partial charge on any atom is -0.481 e. The van der Waals surface area contributed by atoms with Crippen molar-refractivity contribution in [3.63, 3.8) is 0 Å². The van der Waals surface area contributed by atoms with E-state index in [1.54, 1.807) is 0 Å². The largest absolute Gasteiger partial charge is 0.481 e. The van der Waals surface area contributed by atoms with E-state index in [2.05, 4.69) is 0 Å².